The molecule has 1 unspecified atom stereocenters. The van der Waals surface area contributed by atoms with Crippen molar-refractivity contribution >= 4 is 28.4 Å². The van der Waals surface area contributed by atoms with Crippen molar-refractivity contribution in [3.05, 3.63) is 59.8 Å². The zero-order chi connectivity index (χ0) is 23.4. The molecular weight excluding hydrogens is 420 g/mol. The van der Waals surface area contributed by atoms with E-state index in [1.165, 1.54) is 5.01 Å². The highest BCUT2D eigenvalue weighted by Crippen LogP contribution is 2.35. The normalized spacial score (nSPS) is 14.7. The minimum absolute atomic E-state index is 0.0929. The predicted octanol–water partition coefficient (Wildman–Crippen LogP) is 3.43. The van der Waals surface area contributed by atoms with Crippen LogP contribution in [0.25, 0.3) is 10.9 Å². The third-order valence-electron chi connectivity index (χ3n) is 5.82. The molecule has 1 aliphatic heterocycles. The molecule has 2 heterocycles. The lowest BCUT2D eigenvalue weighted by molar-refractivity contribution is -0.130. The SMILES string of the molecule is CCOc1ccc(C(CNC(=O)C2=NN(C)C(=O)CC2)c2c[nH]c3ccccc23)cc1OC. The fraction of sp³-hybridized carbons (Fsp3) is 0.320. The Morgan fingerprint density at radius 2 is 2.03 bits per heavy atom. The summed E-state index contributed by atoms with van der Waals surface area (Å²) in [5.41, 5.74) is 3.44. The number of hydrogen-bond donors (Lipinski definition) is 2. The van der Waals surface area contributed by atoms with Crippen molar-refractivity contribution < 1.29 is 19.1 Å². The highest BCUT2D eigenvalue weighted by molar-refractivity contribution is 6.39. The highest BCUT2D eigenvalue weighted by Gasteiger charge is 2.25. The molecule has 2 aromatic carbocycles. The summed E-state index contributed by atoms with van der Waals surface area (Å²) in [4.78, 5) is 27.9. The van der Waals surface area contributed by atoms with Gasteiger partial charge >= 0.3 is 0 Å². The van der Waals surface area contributed by atoms with Crippen LogP contribution in [0.15, 0.2) is 53.8 Å². The van der Waals surface area contributed by atoms with Gasteiger partial charge in [0.2, 0.25) is 5.91 Å². The third kappa shape index (κ3) is 4.69. The second kappa shape index (κ2) is 9.77. The first-order chi connectivity index (χ1) is 16.0. The van der Waals surface area contributed by atoms with Gasteiger partial charge in [-0.25, -0.2) is 5.01 Å². The molecule has 2 N–H and O–H groups in total. The van der Waals surface area contributed by atoms with Crippen molar-refractivity contribution in [3.8, 4) is 11.5 Å². The lowest BCUT2D eigenvalue weighted by atomic mass is 9.90. The van der Waals surface area contributed by atoms with Crippen LogP contribution in [-0.2, 0) is 9.59 Å². The van der Waals surface area contributed by atoms with Gasteiger partial charge in [0, 0.05) is 49.5 Å². The van der Waals surface area contributed by atoms with Gasteiger partial charge in [0.05, 0.1) is 13.7 Å². The number of H-pyrrole nitrogens is 1. The minimum Gasteiger partial charge on any atom is -0.493 e. The van der Waals surface area contributed by atoms with Crippen LogP contribution in [0.1, 0.15) is 36.8 Å². The van der Waals surface area contributed by atoms with Gasteiger partial charge in [-0.2, -0.15) is 5.10 Å². The summed E-state index contributed by atoms with van der Waals surface area (Å²) in [6.07, 6.45) is 2.60. The molecule has 8 heteroatoms. The maximum atomic E-state index is 12.8. The van der Waals surface area contributed by atoms with Crippen molar-refractivity contribution in [3.63, 3.8) is 0 Å². The number of rotatable bonds is 8. The summed E-state index contributed by atoms with van der Waals surface area (Å²) in [5.74, 6) is 0.817. The molecular formula is C25H28N4O4. The lowest BCUT2D eigenvalue weighted by Crippen LogP contribution is -2.39. The molecule has 8 nitrogen and oxygen atoms in total. The van der Waals surface area contributed by atoms with Crippen LogP contribution in [0.2, 0.25) is 0 Å². The van der Waals surface area contributed by atoms with Gasteiger partial charge in [0.1, 0.15) is 5.71 Å². The Kier molecular flexibility index (Phi) is 6.63. The molecule has 0 bridgehead atoms. The molecule has 0 fully saturated rings. The second-order valence-electron chi connectivity index (χ2n) is 7.86. The monoisotopic (exact) mass is 448 g/mol. The number of aromatic amines is 1. The molecule has 1 aromatic heterocycles. The number of methoxy groups -OCH3 is 1. The van der Waals surface area contributed by atoms with E-state index in [2.05, 4.69) is 21.5 Å². The molecule has 0 spiro atoms. The number of carbonyl (C=O) groups is 2. The number of hydrogen-bond acceptors (Lipinski definition) is 5. The second-order valence-corrected chi connectivity index (χ2v) is 7.86. The van der Waals surface area contributed by atoms with Gasteiger partial charge < -0.3 is 19.8 Å². The topological polar surface area (TPSA) is 96.0 Å². The zero-order valence-corrected chi connectivity index (χ0v) is 19.1. The molecule has 4 rings (SSSR count). The molecule has 172 valence electrons. The van der Waals surface area contributed by atoms with Crippen molar-refractivity contribution in [2.45, 2.75) is 25.7 Å². The maximum Gasteiger partial charge on any atom is 0.267 e. The highest BCUT2D eigenvalue weighted by atomic mass is 16.5. The van der Waals surface area contributed by atoms with E-state index < -0.39 is 0 Å². The summed E-state index contributed by atoms with van der Waals surface area (Å²) in [5, 5.41) is 9.47. The number of ether oxygens (including phenoxy) is 2. The Morgan fingerprint density at radius 1 is 1.21 bits per heavy atom. The number of nitrogens with one attached hydrogen (secondary N) is 2. The molecule has 0 radical (unpaired) electrons. The number of aromatic nitrogens is 1. The van der Waals surface area contributed by atoms with E-state index in [0.717, 1.165) is 22.0 Å². The Balaban J connectivity index is 1.66. The van der Waals surface area contributed by atoms with Gasteiger partial charge in [-0.05, 0) is 36.2 Å². The van der Waals surface area contributed by atoms with Gasteiger partial charge in [-0.3, -0.25) is 9.59 Å². The molecule has 1 aliphatic rings. The quantitative estimate of drug-likeness (QED) is 0.552. The summed E-state index contributed by atoms with van der Waals surface area (Å²) in [7, 11) is 3.18. The van der Waals surface area contributed by atoms with Crippen LogP contribution >= 0.6 is 0 Å². The number of amides is 2. The molecule has 3 aromatic rings. The number of hydrazone groups is 1. The number of carbonyl (C=O) groups excluding carboxylic acids is 2. The van der Waals surface area contributed by atoms with E-state index in [1.807, 2.05) is 49.5 Å². The van der Waals surface area contributed by atoms with Crippen LogP contribution in [0, 0.1) is 0 Å². The van der Waals surface area contributed by atoms with Crippen LogP contribution in [0.3, 0.4) is 0 Å². The fourth-order valence-corrected chi connectivity index (χ4v) is 4.10. The van der Waals surface area contributed by atoms with Crippen molar-refractivity contribution in [2.75, 3.05) is 27.3 Å². The lowest BCUT2D eigenvalue weighted by Gasteiger charge is -2.22. The summed E-state index contributed by atoms with van der Waals surface area (Å²) in [6, 6.07) is 13.9. The van der Waals surface area contributed by atoms with Gasteiger partial charge in [-0.1, -0.05) is 24.3 Å². The van der Waals surface area contributed by atoms with E-state index in [0.29, 0.717) is 36.8 Å². The molecule has 0 saturated heterocycles. The van der Waals surface area contributed by atoms with Crippen molar-refractivity contribution in [2.24, 2.45) is 5.10 Å². The van der Waals surface area contributed by atoms with Crippen LogP contribution in [0.5, 0.6) is 11.5 Å². The summed E-state index contributed by atoms with van der Waals surface area (Å²) in [6.45, 7) is 2.82. The van der Waals surface area contributed by atoms with E-state index in [-0.39, 0.29) is 24.2 Å². The first-order valence-corrected chi connectivity index (χ1v) is 11.0. The predicted molar refractivity (Wildman–Crippen MR) is 127 cm³/mol. The Morgan fingerprint density at radius 3 is 2.79 bits per heavy atom. The average molecular weight is 449 g/mol. The molecule has 33 heavy (non-hydrogen) atoms. The first kappa shape index (κ1) is 22.4. The Bertz CT molecular complexity index is 1200. The molecule has 1 atom stereocenters. The van der Waals surface area contributed by atoms with E-state index >= 15 is 0 Å². The van der Waals surface area contributed by atoms with Crippen LogP contribution in [0.4, 0.5) is 0 Å². The average Bonchev–Trinajstić information content (AvgIpc) is 3.25. The van der Waals surface area contributed by atoms with E-state index in [9.17, 15) is 9.59 Å². The summed E-state index contributed by atoms with van der Waals surface area (Å²) >= 11 is 0. The number of nitrogens with zero attached hydrogens (tertiary/aromatic N) is 2. The Hall–Kier alpha value is -3.81. The van der Waals surface area contributed by atoms with E-state index in [1.54, 1.807) is 14.2 Å². The number of fused-ring (bicyclic) bond motifs is 1. The molecule has 0 saturated carbocycles. The molecule has 0 aliphatic carbocycles. The van der Waals surface area contributed by atoms with Gasteiger partial charge in [0.25, 0.3) is 5.91 Å². The molecule has 2 amide bonds. The minimum atomic E-state index is -0.267. The van der Waals surface area contributed by atoms with Crippen LogP contribution in [-0.4, -0.2) is 54.8 Å². The van der Waals surface area contributed by atoms with E-state index in [4.69, 9.17) is 9.47 Å². The fourth-order valence-electron chi connectivity index (χ4n) is 4.10. The smallest absolute Gasteiger partial charge is 0.267 e. The van der Waals surface area contributed by atoms with Gasteiger partial charge in [-0.15, -0.1) is 0 Å². The number of benzene rings is 2. The number of para-hydroxylation sites is 1. The summed E-state index contributed by atoms with van der Waals surface area (Å²) < 4.78 is 11.2. The largest absolute Gasteiger partial charge is 0.493 e. The third-order valence-corrected chi connectivity index (χ3v) is 5.82. The maximum absolute atomic E-state index is 12.8. The van der Waals surface area contributed by atoms with Crippen LogP contribution < -0.4 is 14.8 Å². The standard InChI is InChI=1S/C25H28N4O4/c1-4-33-22-11-9-16(13-23(22)32-3)18(19-15-26-20-8-6-5-7-17(19)20)14-27-25(31)21-10-12-24(30)29(2)28-21/h5-9,11,13,15,18,26H,4,10,12,14H2,1-3H3,(H,27,31). The first-order valence-electron chi connectivity index (χ1n) is 11.0. The zero-order valence-electron chi connectivity index (χ0n) is 19.1. The Labute approximate surface area is 192 Å². The van der Waals surface area contributed by atoms with Crippen molar-refractivity contribution in [1.82, 2.24) is 15.3 Å². The van der Waals surface area contributed by atoms with Gasteiger partial charge in [0.15, 0.2) is 11.5 Å². The van der Waals surface area contributed by atoms with Crippen molar-refractivity contribution in [1.29, 1.82) is 0 Å².